The van der Waals surface area contributed by atoms with Crippen LogP contribution < -0.4 is 0 Å². The lowest BCUT2D eigenvalue weighted by atomic mass is 10.0. The lowest BCUT2D eigenvalue weighted by Crippen LogP contribution is -1.89. The van der Waals surface area contributed by atoms with Crippen molar-refractivity contribution in [2.24, 2.45) is 11.3 Å². The van der Waals surface area contributed by atoms with Gasteiger partial charge in [0.15, 0.2) is 0 Å². The lowest BCUT2D eigenvalue weighted by molar-refractivity contribution is 0.607. The zero-order valence-corrected chi connectivity index (χ0v) is 9.64. The molecule has 1 aliphatic rings. The molecule has 0 spiro atoms. The molecule has 1 nitrogen and oxygen atoms in total. The van der Waals surface area contributed by atoms with Crippen LogP contribution in [-0.4, -0.2) is 0 Å². The predicted molar refractivity (Wildman–Crippen MR) is 59.7 cm³/mol. The van der Waals surface area contributed by atoms with Crippen molar-refractivity contribution in [2.45, 2.75) is 52.9 Å². The summed E-state index contributed by atoms with van der Waals surface area (Å²) in [6, 6.07) is 2.33. The van der Waals surface area contributed by atoms with Crippen molar-refractivity contribution in [3.8, 4) is 6.07 Å². The first-order valence-electron chi connectivity index (χ1n) is 5.71. The normalized spacial score (nSPS) is 24.4. The smallest absolute Gasteiger partial charge is 0.0943 e. The van der Waals surface area contributed by atoms with Gasteiger partial charge in [-0.1, -0.05) is 39.7 Å². The molecular weight excluding hydrogens is 170 g/mol. The molecule has 1 saturated carbocycles. The van der Waals surface area contributed by atoms with Gasteiger partial charge in [0.05, 0.1) is 6.07 Å². The summed E-state index contributed by atoms with van der Waals surface area (Å²) in [6.07, 6.45) is 8.09. The number of nitriles is 1. The fourth-order valence-corrected chi connectivity index (χ4v) is 1.78. The Morgan fingerprint density at radius 3 is 2.57 bits per heavy atom. The van der Waals surface area contributed by atoms with Crippen LogP contribution in [0, 0.1) is 22.7 Å². The molecule has 0 radical (unpaired) electrons. The quantitative estimate of drug-likeness (QED) is 0.475. The highest BCUT2D eigenvalue weighted by Gasteiger charge is 2.43. The summed E-state index contributed by atoms with van der Waals surface area (Å²) in [5.74, 6) is 0.666. The second kappa shape index (κ2) is 4.64. The lowest BCUT2D eigenvalue weighted by Gasteiger charge is -2.00. The molecule has 0 heterocycles. The number of unbranched alkanes of at least 4 members (excludes halogenated alkanes) is 2. The summed E-state index contributed by atoms with van der Waals surface area (Å²) in [7, 11) is 0. The largest absolute Gasteiger partial charge is 0.193 e. The molecule has 0 aliphatic heterocycles. The summed E-state index contributed by atoms with van der Waals surface area (Å²) in [5, 5.41) is 8.95. The molecule has 78 valence electrons. The van der Waals surface area contributed by atoms with Crippen LogP contribution in [0.5, 0.6) is 0 Å². The fourth-order valence-electron chi connectivity index (χ4n) is 1.78. The molecule has 1 rings (SSSR count). The van der Waals surface area contributed by atoms with Gasteiger partial charge in [-0.25, -0.2) is 0 Å². The van der Waals surface area contributed by atoms with E-state index in [1.165, 1.54) is 25.7 Å². The number of allylic oxidation sites excluding steroid dienone is 2. The minimum Gasteiger partial charge on any atom is -0.193 e. The van der Waals surface area contributed by atoms with Crippen molar-refractivity contribution in [3.05, 3.63) is 11.6 Å². The number of nitrogens with zero attached hydrogens (tertiary/aromatic N) is 1. The van der Waals surface area contributed by atoms with Crippen molar-refractivity contribution in [2.75, 3.05) is 0 Å². The van der Waals surface area contributed by atoms with Crippen LogP contribution in [-0.2, 0) is 0 Å². The van der Waals surface area contributed by atoms with Crippen molar-refractivity contribution in [3.63, 3.8) is 0 Å². The van der Waals surface area contributed by atoms with Crippen LogP contribution in [0.4, 0.5) is 0 Å². The summed E-state index contributed by atoms with van der Waals surface area (Å²) in [4.78, 5) is 0. The van der Waals surface area contributed by atoms with Crippen molar-refractivity contribution in [1.29, 1.82) is 5.26 Å². The number of hydrogen-bond acceptors (Lipinski definition) is 1. The van der Waals surface area contributed by atoms with Crippen molar-refractivity contribution >= 4 is 0 Å². The topological polar surface area (TPSA) is 23.8 Å². The van der Waals surface area contributed by atoms with Crippen LogP contribution in [0.15, 0.2) is 11.6 Å². The van der Waals surface area contributed by atoms with E-state index in [9.17, 15) is 0 Å². The summed E-state index contributed by atoms with van der Waals surface area (Å²) in [5.41, 5.74) is 1.47. The Morgan fingerprint density at radius 1 is 1.50 bits per heavy atom. The zero-order chi connectivity index (χ0) is 10.6. The first kappa shape index (κ1) is 11.3. The Kier molecular flexibility index (Phi) is 3.75. The van der Waals surface area contributed by atoms with Crippen LogP contribution >= 0.6 is 0 Å². The molecule has 0 amide bonds. The van der Waals surface area contributed by atoms with E-state index in [2.05, 4.69) is 32.9 Å². The highest BCUT2D eigenvalue weighted by molar-refractivity contribution is 5.25. The monoisotopic (exact) mass is 191 g/mol. The molecule has 1 atom stereocenters. The maximum absolute atomic E-state index is 8.95. The average Bonchev–Trinajstić information content (AvgIpc) is 2.72. The molecule has 0 saturated heterocycles. The van der Waals surface area contributed by atoms with Crippen LogP contribution in [0.2, 0.25) is 0 Å². The Hall–Kier alpha value is -0.770. The first-order chi connectivity index (χ1) is 6.60. The molecule has 0 aromatic heterocycles. The van der Waals surface area contributed by atoms with E-state index in [0.29, 0.717) is 11.3 Å². The maximum atomic E-state index is 8.95. The van der Waals surface area contributed by atoms with Crippen molar-refractivity contribution < 1.29 is 0 Å². The van der Waals surface area contributed by atoms with E-state index >= 15 is 0 Å². The van der Waals surface area contributed by atoms with Gasteiger partial charge in [0.2, 0.25) is 0 Å². The molecule has 0 bridgehead atoms. The van der Waals surface area contributed by atoms with Crippen LogP contribution in [0.25, 0.3) is 0 Å². The van der Waals surface area contributed by atoms with Gasteiger partial charge in [0.25, 0.3) is 0 Å². The summed E-state index contributed by atoms with van der Waals surface area (Å²) >= 11 is 0. The number of rotatable bonds is 5. The standard InChI is InChI=1S/C13H21N/c1-4-5-6-7-11(10-14)8-12-9-13(12,2)3/h8,12H,4-7,9H2,1-3H3. The maximum Gasteiger partial charge on any atom is 0.0943 e. The third kappa shape index (κ3) is 3.18. The van der Waals surface area contributed by atoms with E-state index in [1.807, 2.05) is 0 Å². The molecule has 1 heteroatoms. The fraction of sp³-hybridized carbons (Fsp3) is 0.769. The van der Waals surface area contributed by atoms with Crippen LogP contribution in [0.3, 0.4) is 0 Å². The van der Waals surface area contributed by atoms with Gasteiger partial charge >= 0.3 is 0 Å². The zero-order valence-electron chi connectivity index (χ0n) is 9.64. The molecule has 1 fully saturated rings. The molecule has 1 aliphatic carbocycles. The van der Waals surface area contributed by atoms with E-state index in [4.69, 9.17) is 5.26 Å². The predicted octanol–water partition coefficient (Wildman–Crippen LogP) is 4.06. The van der Waals surface area contributed by atoms with Gasteiger partial charge in [-0.3, -0.25) is 0 Å². The highest BCUT2D eigenvalue weighted by Crippen LogP contribution is 2.52. The average molecular weight is 191 g/mol. The molecule has 0 aromatic carbocycles. The van der Waals surface area contributed by atoms with Gasteiger partial charge in [0.1, 0.15) is 0 Å². The number of hydrogen-bond donors (Lipinski definition) is 0. The minimum absolute atomic E-state index is 0.465. The Labute approximate surface area is 87.8 Å². The second-order valence-corrected chi connectivity index (χ2v) is 5.06. The van der Waals surface area contributed by atoms with Crippen molar-refractivity contribution in [1.82, 2.24) is 0 Å². The summed E-state index contributed by atoms with van der Waals surface area (Å²) < 4.78 is 0. The second-order valence-electron chi connectivity index (χ2n) is 5.06. The molecule has 0 N–H and O–H groups in total. The van der Waals surface area contributed by atoms with Gasteiger partial charge < -0.3 is 0 Å². The van der Waals surface area contributed by atoms with E-state index < -0.39 is 0 Å². The van der Waals surface area contributed by atoms with Crippen LogP contribution in [0.1, 0.15) is 52.9 Å². The third-order valence-corrected chi connectivity index (χ3v) is 3.19. The van der Waals surface area contributed by atoms with E-state index in [0.717, 1.165) is 12.0 Å². The SMILES string of the molecule is CCCCCC(C#N)=CC1CC1(C)C. The third-order valence-electron chi connectivity index (χ3n) is 3.19. The minimum atomic E-state index is 0.465. The molecular formula is C13H21N. The Morgan fingerprint density at radius 2 is 2.14 bits per heavy atom. The van der Waals surface area contributed by atoms with E-state index in [1.54, 1.807) is 0 Å². The first-order valence-corrected chi connectivity index (χ1v) is 5.71. The Bertz CT molecular complexity index is 255. The van der Waals surface area contributed by atoms with E-state index in [-0.39, 0.29) is 0 Å². The molecule has 14 heavy (non-hydrogen) atoms. The summed E-state index contributed by atoms with van der Waals surface area (Å²) in [6.45, 7) is 6.74. The van der Waals surface area contributed by atoms with Gasteiger partial charge in [-0.05, 0) is 30.6 Å². The van der Waals surface area contributed by atoms with Gasteiger partial charge in [-0.15, -0.1) is 0 Å². The molecule has 0 aromatic rings. The molecule has 1 unspecified atom stereocenters. The highest BCUT2D eigenvalue weighted by atomic mass is 14.5. The van der Waals surface area contributed by atoms with Gasteiger partial charge in [0, 0.05) is 5.57 Å². The van der Waals surface area contributed by atoms with Gasteiger partial charge in [-0.2, -0.15) is 5.26 Å². The Balaban J connectivity index is 2.36.